The fourth-order valence-corrected chi connectivity index (χ4v) is 3.37. The summed E-state index contributed by atoms with van der Waals surface area (Å²) in [5.74, 6) is 0.665. The molecule has 30 heavy (non-hydrogen) atoms. The van der Waals surface area contributed by atoms with E-state index < -0.39 is 12.2 Å². The molecule has 2 aromatic carbocycles. The van der Waals surface area contributed by atoms with Crippen molar-refractivity contribution in [3.05, 3.63) is 63.9 Å². The van der Waals surface area contributed by atoms with Crippen LogP contribution in [0.5, 0.6) is 11.5 Å². The first kappa shape index (κ1) is 22.0. The van der Waals surface area contributed by atoms with Gasteiger partial charge in [0, 0.05) is 5.56 Å². The van der Waals surface area contributed by atoms with Crippen LogP contribution in [-0.4, -0.2) is 34.5 Å². The number of alkyl halides is 2. The van der Waals surface area contributed by atoms with Crippen LogP contribution in [0.3, 0.4) is 0 Å². The first-order chi connectivity index (χ1) is 14.4. The second-order valence-electron chi connectivity index (χ2n) is 6.20. The lowest BCUT2D eigenvalue weighted by Gasteiger charge is -2.12. The molecule has 0 saturated carbocycles. The number of ether oxygens (including phenoxy) is 2. The van der Waals surface area contributed by atoms with Gasteiger partial charge in [-0.05, 0) is 54.6 Å². The summed E-state index contributed by atoms with van der Waals surface area (Å²) in [6.07, 6.45) is 0.385. The highest BCUT2D eigenvalue weighted by Crippen LogP contribution is 2.28. The lowest BCUT2D eigenvalue weighted by atomic mass is 10.1. The van der Waals surface area contributed by atoms with Crippen molar-refractivity contribution in [2.45, 2.75) is 25.1 Å². The highest BCUT2D eigenvalue weighted by Gasteiger charge is 2.19. The number of aryl methyl sites for hydroxylation is 1. The highest BCUT2D eigenvalue weighted by molar-refractivity contribution is 7.98. The molecule has 158 valence electrons. The Hall–Kier alpha value is -2.65. The topological polar surface area (TPSA) is 61.5 Å². The van der Waals surface area contributed by atoms with Gasteiger partial charge in [-0.2, -0.15) is 9.78 Å². The summed E-state index contributed by atoms with van der Waals surface area (Å²) in [6.45, 7) is 2.15. The molecule has 3 aromatic rings. The van der Waals surface area contributed by atoms with E-state index in [9.17, 15) is 8.78 Å². The number of hydrogen-bond acceptors (Lipinski definition) is 6. The lowest BCUT2D eigenvalue weighted by Crippen LogP contribution is -2.02. The summed E-state index contributed by atoms with van der Waals surface area (Å²) in [5, 5.41) is 12.1. The molecule has 0 aliphatic rings. The van der Waals surface area contributed by atoms with E-state index >= 15 is 0 Å². The third-order valence-corrected chi connectivity index (χ3v) is 5.03. The van der Waals surface area contributed by atoms with Crippen molar-refractivity contribution in [1.82, 2.24) is 14.9 Å². The van der Waals surface area contributed by atoms with Gasteiger partial charge in [-0.15, -0.1) is 10.2 Å². The van der Waals surface area contributed by atoms with Crippen molar-refractivity contribution in [3.63, 3.8) is 0 Å². The molecule has 0 radical (unpaired) electrons. The van der Waals surface area contributed by atoms with Gasteiger partial charge in [0.1, 0.15) is 18.1 Å². The quantitative estimate of drug-likeness (QED) is 0.339. The van der Waals surface area contributed by atoms with Crippen LogP contribution < -0.4 is 9.47 Å². The molecule has 0 N–H and O–H groups in total. The second kappa shape index (κ2) is 9.90. The molecule has 0 aliphatic carbocycles. The standard InChI is InChI=1S/C20H19ClF2N4O2S/c1-12-4-6-17(15(21)8-12)29-11-14-9-13(5-7-16(14)28-2)10-24-27-19(18(22)23)25-26-20(27)30-3/h4-10,18H,11H2,1-3H3/b24-10-. The van der Waals surface area contributed by atoms with E-state index in [0.29, 0.717) is 22.1 Å². The van der Waals surface area contributed by atoms with E-state index in [1.54, 1.807) is 37.6 Å². The molecule has 0 saturated heterocycles. The van der Waals surface area contributed by atoms with E-state index in [2.05, 4.69) is 15.3 Å². The van der Waals surface area contributed by atoms with Crippen molar-refractivity contribution in [2.24, 2.45) is 5.10 Å². The van der Waals surface area contributed by atoms with Gasteiger partial charge >= 0.3 is 0 Å². The van der Waals surface area contributed by atoms with Crippen molar-refractivity contribution < 1.29 is 18.3 Å². The van der Waals surface area contributed by atoms with Gasteiger partial charge in [-0.3, -0.25) is 0 Å². The summed E-state index contributed by atoms with van der Waals surface area (Å²) in [4.78, 5) is 0. The summed E-state index contributed by atoms with van der Waals surface area (Å²) in [7, 11) is 1.56. The molecule has 1 heterocycles. The Bertz CT molecular complexity index is 1060. The minimum atomic E-state index is -2.78. The number of thioether (sulfide) groups is 1. The smallest absolute Gasteiger partial charge is 0.299 e. The van der Waals surface area contributed by atoms with Crippen LogP contribution in [-0.2, 0) is 6.61 Å². The molecule has 1 aromatic heterocycles. The third-order valence-electron chi connectivity index (χ3n) is 4.11. The molecular weight excluding hydrogens is 434 g/mol. The Morgan fingerprint density at radius 1 is 1.20 bits per heavy atom. The molecular formula is C20H19ClF2N4O2S. The Morgan fingerprint density at radius 2 is 1.97 bits per heavy atom. The molecule has 6 nitrogen and oxygen atoms in total. The normalized spacial score (nSPS) is 11.4. The first-order valence-corrected chi connectivity index (χ1v) is 10.4. The molecule has 0 fully saturated rings. The summed E-state index contributed by atoms with van der Waals surface area (Å²) < 4.78 is 38.5. The number of rotatable bonds is 8. The van der Waals surface area contributed by atoms with Gasteiger partial charge in [0.15, 0.2) is 0 Å². The Morgan fingerprint density at radius 3 is 2.63 bits per heavy atom. The largest absolute Gasteiger partial charge is 0.496 e. The lowest BCUT2D eigenvalue weighted by molar-refractivity contribution is 0.135. The van der Waals surface area contributed by atoms with Crippen LogP contribution in [0.4, 0.5) is 8.78 Å². The summed E-state index contributed by atoms with van der Waals surface area (Å²) >= 11 is 7.40. The van der Waals surface area contributed by atoms with Crippen LogP contribution in [0.25, 0.3) is 0 Å². The molecule has 0 amide bonds. The van der Waals surface area contributed by atoms with Crippen LogP contribution in [0.1, 0.15) is 28.9 Å². The van der Waals surface area contributed by atoms with Gasteiger partial charge in [0.25, 0.3) is 6.43 Å². The predicted molar refractivity (Wildman–Crippen MR) is 113 cm³/mol. The monoisotopic (exact) mass is 452 g/mol. The van der Waals surface area contributed by atoms with Gasteiger partial charge in [-0.25, -0.2) is 8.78 Å². The summed E-state index contributed by atoms with van der Waals surface area (Å²) in [6, 6.07) is 10.8. The van der Waals surface area contributed by atoms with E-state index in [-0.39, 0.29) is 11.8 Å². The van der Waals surface area contributed by atoms with E-state index in [0.717, 1.165) is 15.8 Å². The van der Waals surface area contributed by atoms with Crippen molar-refractivity contribution in [3.8, 4) is 11.5 Å². The molecule has 0 spiro atoms. The number of aromatic nitrogens is 3. The molecule has 10 heteroatoms. The predicted octanol–water partition coefficient (Wildman–Crippen LogP) is 5.37. The van der Waals surface area contributed by atoms with Gasteiger partial charge < -0.3 is 9.47 Å². The number of hydrogen-bond donors (Lipinski definition) is 0. The maximum absolute atomic E-state index is 13.1. The fourth-order valence-electron chi connectivity index (χ4n) is 2.64. The average Bonchev–Trinajstić information content (AvgIpc) is 3.15. The molecule has 3 rings (SSSR count). The minimum absolute atomic E-state index is 0.207. The van der Waals surface area contributed by atoms with Crippen LogP contribution in [0.2, 0.25) is 5.02 Å². The Balaban J connectivity index is 1.84. The molecule has 0 bridgehead atoms. The Kier molecular flexibility index (Phi) is 7.28. The van der Waals surface area contributed by atoms with Crippen LogP contribution in [0.15, 0.2) is 46.7 Å². The number of methoxy groups -OCH3 is 1. The van der Waals surface area contributed by atoms with E-state index in [4.69, 9.17) is 21.1 Å². The average molecular weight is 453 g/mol. The van der Waals surface area contributed by atoms with Gasteiger partial charge in [0.05, 0.1) is 18.3 Å². The zero-order valence-electron chi connectivity index (χ0n) is 16.5. The third kappa shape index (κ3) is 5.09. The molecule has 0 aliphatic heterocycles. The first-order valence-electron chi connectivity index (χ1n) is 8.80. The summed E-state index contributed by atoms with van der Waals surface area (Å²) in [5.41, 5.74) is 2.45. The van der Waals surface area contributed by atoms with Crippen molar-refractivity contribution in [1.29, 1.82) is 0 Å². The van der Waals surface area contributed by atoms with E-state index in [1.165, 1.54) is 18.0 Å². The zero-order valence-corrected chi connectivity index (χ0v) is 18.0. The number of nitrogens with zero attached hydrogens (tertiary/aromatic N) is 4. The fraction of sp³-hybridized carbons (Fsp3) is 0.250. The minimum Gasteiger partial charge on any atom is -0.496 e. The maximum Gasteiger partial charge on any atom is 0.299 e. The number of halogens is 3. The molecule has 0 unspecified atom stereocenters. The zero-order chi connectivity index (χ0) is 21.7. The van der Waals surface area contributed by atoms with Crippen LogP contribution >= 0.6 is 23.4 Å². The van der Waals surface area contributed by atoms with Gasteiger partial charge in [-0.1, -0.05) is 29.4 Å². The SMILES string of the molecule is COc1ccc(/C=N\n2c(SC)nnc2C(F)F)cc1COc1ccc(C)cc1Cl. The highest BCUT2D eigenvalue weighted by atomic mass is 35.5. The van der Waals surface area contributed by atoms with Crippen molar-refractivity contribution >= 4 is 29.6 Å². The maximum atomic E-state index is 13.1. The molecule has 0 atom stereocenters. The Labute approximate surface area is 181 Å². The van der Waals surface area contributed by atoms with Crippen molar-refractivity contribution in [2.75, 3.05) is 13.4 Å². The van der Waals surface area contributed by atoms with E-state index in [1.807, 2.05) is 19.1 Å². The van der Waals surface area contributed by atoms with Gasteiger partial charge in [0.2, 0.25) is 11.0 Å². The number of benzene rings is 2. The van der Waals surface area contributed by atoms with Crippen LogP contribution in [0, 0.1) is 6.92 Å². The second-order valence-corrected chi connectivity index (χ2v) is 7.38.